The summed E-state index contributed by atoms with van der Waals surface area (Å²) in [5.74, 6) is 0.899. The zero-order valence-electron chi connectivity index (χ0n) is 21.0. The van der Waals surface area contributed by atoms with Crippen LogP contribution in [0.1, 0.15) is 40.0 Å². The monoisotopic (exact) mass is 478 g/mol. The van der Waals surface area contributed by atoms with Crippen molar-refractivity contribution >= 4 is 17.0 Å². The van der Waals surface area contributed by atoms with Crippen LogP contribution in [0.3, 0.4) is 0 Å². The third-order valence-corrected chi connectivity index (χ3v) is 6.37. The molecular formula is C27H34N4O4. The predicted octanol–water partition coefficient (Wildman–Crippen LogP) is 3.91. The second-order valence-electron chi connectivity index (χ2n) is 10.1. The first-order chi connectivity index (χ1) is 16.7. The fraction of sp³-hybridized carbons (Fsp3) is 0.481. The zero-order chi connectivity index (χ0) is 25.0. The highest BCUT2D eigenvalue weighted by Gasteiger charge is 2.24. The smallest absolute Gasteiger partial charge is 0.306 e. The van der Waals surface area contributed by atoms with Crippen LogP contribution >= 0.6 is 0 Å². The molecule has 0 unspecified atom stereocenters. The van der Waals surface area contributed by atoms with Crippen molar-refractivity contribution in [2.24, 2.45) is 5.92 Å². The number of piperidine rings is 1. The van der Waals surface area contributed by atoms with E-state index in [0.29, 0.717) is 24.6 Å². The quantitative estimate of drug-likeness (QED) is 0.476. The molecule has 8 nitrogen and oxygen atoms in total. The van der Waals surface area contributed by atoms with Crippen molar-refractivity contribution in [3.05, 3.63) is 53.2 Å². The molecule has 0 bridgehead atoms. The first kappa shape index (κ1) is 24.9. The summed E-state index contributed by atoms with van der Waals surface area (Å²) in [7, 11) is 1.62. The average molecular weight is 479 g/mol. The van der Waals surface area contributed by atoms with Gasteiger partial charge in [-0.15, -0.1) is 0 Å². The molecule has 4 rings (SSSR count). The number of methoxy groups -OCH3 is 1. The fourth-order valence-corrected chi connectivity index (χ4v) is 4.62. The molecule has 0 saturated carbocycles. The van der Waals surface area contributed by atoms with Gasteiger partial charge in [0.05, 0.1) is 24.3 Å². The van der Waals surface area contributed by atoms with Gasteiger partial charge in [0, 0.05) is 43.5 Å². The lowest BCUT2D eigenvalue weighted by molar-refractivity contribution is -0.156. The SMILES string of the molecule is COc1cc(-c2ccncc2)c2ncc(=O)n(CCN3CCC(CC(=O)OC(C)(C)C)CC3)c2c1. The second-order valence-corrected chi connectivity index (χ2v) is 10.1. The molecule has 1 aliphatic rings. The molecule has 0 spiro atoms. The molecule has 0 aliphatic carbocycles. The summed E-state index contributed by atoms with van der Waals surface area (Å²) in [6.07, 6.45) is 7.24. The van der Waals surface area contributed by atoms with Crippen LogP contribution in [0, 0.1) is 5.92 Å². The minimum absolute atomic E-state index is 0.121. The van der Waals surface area contributed by atoms with E-state index < -0.39 is 5.60 Å². The second kappa shape index (κ2) is 10.6. The molecule has 0 N–H and O–H groups in total. The number of fused-ring (bicyclic) bond motifs is 1. The Balaban J connectivity index is 1.47. The van der Waals surface area contributed by atoms with Gasteiger partial charge in [-0.2, -0.15) is 0 Å². The average Bonchev–Trinajstić information content (AvgIpc) is 2.83. The van der Waals surface area contributed by atoms with Crippen molar-refractivity contribution in [2.45, 2.75) is 52.2 Å². The summed E-state index contributed by atoms with van der Waals surface area (Å²) in [5.41, 5.74) is 2.80. The molecular weight excluding hydrogens is 444 g/mol. The Morgan fingerprint density at radius 3 is 2.49 bits per heavy atom. The Kier molecular flexibility index (Phi) is 7.50. The summed E-state index contributed by atoms with van der Waals surface area (Å²) < 4.78 is 12.8. The van der Waals surface area contributed by atoms with E-state index in [9.17, 15) is 9.59 Å². The summed E-state index contributed by atoms with van der Waals surface area (Å²) in [5, 5.41) is 0. The van der Waals surface area contributed by atoms with Crippen molar-refractivity contribution in [3.8, 4) is 16.9 Å². The first-order valence-corrected chi connectivity index (χ1v) is 12.2. The number of nitrogens with zero attached hydrogens (tertiary/aromatic N) is 4. The number of benzene rings is 1. The van der Waals surface area contributed by atoms with Crippen molar-refractivity contribution in [1.82, 2.24) is 19.4 Å². The lowest BCUT2D eigenvalue weighted by atomic mass is 9.93. The van der Waals surface area contributed by atoms with Crippen molar-refractivity contribution in [1.29, 1.82) is 0 Å². The summed E-state index contributed by atoms with van der Waals surface area (Å²) >= 11 is 0. The molecule has 3 aromatic rings. The van der Waals surface area contributed by atoms with Crippen molar-refractivity contribution < 1.29 is 14.3 Å². The Hall–Kier alpha value is -3.26. The van der Waals surface area contributed by atoms with Gasteiger partial charge in [-0.1, -0.05) is 0 Å². The molecule has 186 valence electrons. The molecule has 8 heteroatoms. The standard InChI is InChI=1S/C27H34N4O4/c1-27(2,3)35-25(33)15-19-7-11-30(12-8-19)13-14-31-23-17-21(34-4)16-22(20-5-9-28-10-6-20)26(23)29-18-24(31)32/h5-6,9-10,16-19H,7-8,11-15H2,1-4H3. The molecule has 3 heterocycles. The van der Waals surface area contributed by atoms with E-state index in [4.69, 9.17) is 9.47 Å². The maximum atomic E-state index is 12.8. The lowest BCUT2D eigenvalue weighted by Crippen LogP contribution is -2.38. The highest BCUT2D eigenvalue weighted by molar-refractivity contribution is 5.93. The highest BCUT2D eigenvalue weighted by atomic mass is 16.6. The summed E-state index contributed by atoms with van der Waals surface area (Å²) in [6.45, 7) is 8.79. The van der Waals surface area contributed by atoms with Gasteiger partial charge in [0.25, 0.3) is 5.56 Å². The van der Waals surface area contributed by atoms with E-state index in [1.807, 2.05) is 45.0 Å². The Morgan fingerprint density at radius 2 is 1.83 bits per heavy atom. The molecule has 1 fully saturated rings. The Bertz CT molecular complexity index is 1230. The third-order valence-electron chi connectivity index (χ3n) is 6.37. The molecule has 0 amide bonds. The number of likely N-dealkylation sites (tertiary alicyclic amines) is 1. The van der Waals surface area contributed by atoms with Gasteiger partial charge >= 0.3 is 5.97 Å². The molecule has 1 saturated heterocycles. The summed E-state index contributed by atoms with van der Waals surface area (Å²) in [6, 6.07) is 7.66. The number of rotatable bonds is 7. The zero-order valence-corrected chi connectivity index (χ0v) is 21.0. The number of hydrogen-bond donors (Lipinski definition) is 0. The van der Waals surface area contributed by atoms with E-state index in [2.05, 4.69) is 14.9 Å². The Morgan fingerprint density at radius 1 is 1.11 bits per heavy atom. The van der Waals surface area contributed by atoms with Crippen LogP contribution in [0.15, 0.2) is 47.7 Å². The molecule has 1 aliphatic heterocycles. The maximum absolute atomic E-state index is 12.8. The van der Waals surface area contributed by atoms with E-state index in [-0.39, 0.29) is 11.5 Å². The van der Waals surface area contributed by atoms with Gasteiger partial charge in [0.15, 0.2) is 0 Å². The highest BCUT2D eigenvalue weighted by Crippen LogP contribution is 2.31. The van der Waals surface area contributed by atoms with Gasteiger partial charge in [0.1, 0.15) is 11.4 Å². The molecule has 2 aromatic heterocycles. The lowest BCUT2D eigenvalue weighted by Gasteiger charge is -2.32. The Labute approximate surface area is 205 Å². The van der Waals surface area contributed by atoms with Gasteiger partial charge in [-0.05, 0) is 76.4 Å². The van der Waals surface area contributed by atoms with Crippen LogP contribution in [0.25, 0.3) is 22.2 Å². The minimum atomic E-state index is -0.446. The third kappa shape index (κ3) is 6.25. The maximum Gasteiger partial charge on any atom is 0.306 e. The normalized spacial score (nSPS) is 15.3. The van der Waals surface area contributed by atoms with E-state index in [0.717, 1.165) is 54.6 Å². The number of pyridine rings is 1. The van der Waals surface area contributed by atoms with Gasteiger partial charge in [-0.3, -0.25) is 14.6 Å². The van der Waals surface area contributed by atoms with Crippen LogP contribution in [-0.4, -0.2) is 57.7 Å². The topological polar surface area (TPSA) is 86.6 Å². The van der Waals surface area contributed by atoms with Crippen molar-refractivity contribution in [2.75, 3.05) is 26.7 Å². The predicted molar refractivity (Wildman–Crippen MR) is 135 cm³/mol. The number of carbonyl (C=O) groups excluding carboxylic acids is 1. The van der Waals surface area contributed by atoms with Crippen LogP contribution in [0.2, 0.25) is 0 Å². The summed E-state index contributed by atoms with van der Waals surface area (Å²) in [4.78, 5) is 35.9. The number of carbonyl (C=O) groups is 1. The van der Waals surface area contributed by atoms with Gasteiger partial charge in [0.2, 0.25) is 0 Å². The van der Waals surface area contributed by atoms with Crippen LogP contribution in [0.5, 0.6) is 5.75 Å². The minimum Gasteiger partial charge on any atom is -0.497 e. The van der Waals surface area contributed by atoms with E-state index >= 15 is 0 Å². The van der Waals surface area contributed by atoms with E-state index in [1.165, 1.54) is 6.20 Å². The van der Waals surface area contributed by atoms with Crippen LogP contribution < -0.4 is 10.3 Å². The molecule has 0 atom stereocenters. The fourth-order valence-electron chi connectivity index (χ4n) is 4.62. The molecule has 0 radical (unpaired) electrons. The number of hydrogen-bond acceptors (Lipinski definition) is 7. The van der Waals surface area contributed by atoms with Crippen molar-refractivity contribution in [3.63, 3.8) is 0 Å². The molecule has 35 heavy (non-hydrogen) atoms. The largest absolute Gasteiger partial charge is 0.497 e. The number of aromatic nitrogens is 3. The van der Waals surface area contributed by atoms with Gasteiger partial charge in [-0.25, -0.2) is 4.98 Å². The molecule has 1 aromatic carbocycles. The van der Waals surface area contributed by atoms with E-state index in [1.54, 1.807) is 24.1 Å². The van der Waals surface area contributed by atoms with Crippen LogP contribution in [-0.2, 0) is 16.1 Å². The van der Waals surface area contributed by atoms with Gasteiger partial charge < -0.3 is 18.9 Å². The number of ether oxygens (including phenoxy) is 2. The van der Waals surface area contributed by atoms with Crippen LogP contribution in [0.4, 0.5) is 0 Å². The first-order valence-electron chi connectivity index (χ1n) is 12.2. The number of esters is 1.